The highest BCUT2D eigenvalue weighted by atomic mass is 16.3. The van der Waals surface area contributed by atoms with Crippen molar-refractivity contribution in [2.75, 3.05) is 0 Å². The Morgan fingerprint density at radius 1 is 0.404 bits per heavy atom. The maximum Gasteiger partial charge on any atom is 0.165 e. The van der Waals surface area contributed by atoms with Crippen LogP contribution in [0.2, 0.25) is 0 Å². The van der Waals surface area contributed by atoms with E-state index < -0.39 is 0 Å². The second-order valence-electron chi connectivity index (χ2n) is 11.5. The van der Waals surface area contributed by atoms with E-state index in [4.69, 9.17) is 19.4 Å². The van der Waals surface area contributed by atoms with Gasteiger partial charge in [-0.05, 0) is 57.8 Å². The standard InChI is InChI=1S/C42H26N4O/c1-2-11-28(12-3-1)40-44-41(31-14-8-13-29(24-31)30-20-22-36-35-17-6-7-18-37(35)47-38(36)25-30)46-42(45-40)39-33-16-5-4-10-27(33)19-21-34(39)32-15-9-23-43-26-32/h1-26H. The average Bonchev–Trinajstić information content (AvgIpc) is 3.53. The van der Waals surface area contributed by atoms with Crippen LogP contribution in [0.3, 0.4) is 0 Å². The largest absolute Gasteiger partial charge is 0.456 e. The Labute approximate surface area is 270 Å². The first kappa shape index (κ1) is 26.9. The molecule has 47 heavy (non-hydrogen) atoms. The Bertz CT molecular complexity index is 2580. The molecule has 0 bridgehead atoms. The molecule has 5 nitrogen and oxygen atoms in total. The summed E-state index contributed by atoms with van der Waals surface area (Å²) in [5.74, 6) is 1.83. The number of rotatable bonds is 5. The first-order chi connectivity index (χ1) is 23.3. The highest BCUT2D eigenvalue weighted by molar-refractivity contribution is 6.06. The predicted molar refractivity (Wildman–Crippen MR) is 190 cm³/mol. The van der Waals surface area contributed by atoms with Gasteiger partial charge in [0.05, 0.1) is 0 Å². The van der Waals surface area contributed by atoms with E-state index >= 15 is 0 Å². The summed E-state index contributed by atoms with van der Waals surface area (Å²) >= 11 is 0. The van der Waals surface area contributed by atoms with E-state index in [1.54, 1.807) is 6.20 Å². The quantitative estimate of drug-likeness (QED) is 0.196. The molecule has 0 aliphatic heterocycles. The first-order valence-electron chi connectivity index (χ1n) is 15.5. The van der Waals surface area contributed by atoms with Crippen LogP contribution in [0.15, 0.2) is 162 Å². The molecule has 220 valence electrons. The number of hydrogen-bond acceptors (Lipinski definition) is 5. The highest BCUT2D eigenvalue weighted by Gasteiger charge is 2.19. The summed E-state index contributed by atoms with van der Waals surface area (Å²) in [5.41, 5.74) is 8.64. The third-order valence-corrected chi connectivity index (χ3v) is 8.63. The molecule has 0 spiro atoms. The molecule has 0 saturated carbocycles. The van der Waals surface area contributed by atoms with Crippen LogP contribution in [0, 0.1) is 0 Å². The van der Waals surface area contributed by atoms with Crippen LogP contribution in [-0.2, 0) is 0 Å². The smallest absolute Gasteiger partial charge is 0.165 e. The number of hydrogen-bond donors (Lipinski definition) is 0. The van der Waals surface area contributed by atoms with Gasteiger partial charge in [-0.2, -0.15) is 0 Å². The molecule has 0 fully saturated rings. The van der Waals surface area contributed by atoms with Crippen molar-refractivity contribution in [1.29, 1.82) is 0 Å². The lowest BCUT2D eigenvalue weighted by Crippen LogP contribution is -2.02. The van der Waals surface area contributed by atoms with Gasteiger partial charge < -0.3 is 4.42 Å². The number of furan rings is 1. The van der Waals surface area contributed by atoms with Crippen LogP contribution in [0.25, 0.3) is 89.1 Å². The number of para-hydroxylation sites is 1. The normalized spacial score (nSPS) is 11.4. The van der Waals surface area contributed by atoms with E-state index in [0.717, 1.165) is 71.7 Å². The minimum absolute atomic E-state index is 0.602. The van der Waals surface area contributed by atoms with Gasteiger partial charge in [0.25, 0.3) is 0 Å². The summed E-state index contributed by atoms with van der Waals surface area (Å²) in [6, 6.07) is 49.6. The fourth-order valence-corrected chi connectivity index (χ4v) is 6.35. The molecule has 3 aromatic heterocycles. The summed E-state index contributed by atoms with van der Waals surface area (Å²) in [6.07, 6.45) is 3.67. The molecule has 9 rings (SSSR count). The summed E-state index contributed by atoms with van der Waals surface area (Å²) < 4.78 is 6.20. The highest BCUT2D eigenvalue weighted by Crippen LogP contribution is 2.38. The first-order valence-corrected chi connectivity index (χ1v) is 15.5. The maximum atomic E-state index is 6.20. The molecule has 3 heterocycles. The van der Waals surface area contributed by atoms with E-state index in [1.807, 2.05) is 60.8 Å². The van der Waals surface area contributed by atoms with E-state index in [1.165, 1.54) is 0 Å². The Morgan fingerprint density at radius 2 is 1.09 bits per heavy atom. The van der Waals surface area contributed by atoms with Gasteiger partial charge in [-0.1, -0.05) is 115 Å². The number of nitrogens with zero attached hydrogens (tertiary/aromatic N) is 4. The van der Waals surface area contributed by atoms with Crippen LogP contribution in [0.4, 0.5) is 0 Å². The number of benzene rings is 6. The zero-order valence-electron chi connectivity index (χ0n) is 25.2. The lowest BCUT2D eigenvalue weighted by atomic mass is 9.94. The van der Waals surface area contributed by atoms with Crippen LogP contribution in [-0.4, -0.2) is 19.9 Å². The molecule has 0 saturated heterocycles. The Balaban J connectivity index is 1.24. The second-order valence-corrected chi connectivity index (χ2v) is 11.5. The van der Waals surface area contributed by atoms with Gasteiger partial charge in [0.15, 0.2) is 17.5 Å². The molecule has 0 amide bonds. The molecule has 6 aromatic carbocycles. The maximum absolute atomic E-state index is 6.20. The molecule has 0 aliphatic carbocycles. The van der Waals surface area contributed by atoms with Crippen molar-refractivity contribution in [2.45, 2.75) is 0 Å². The summed E-state index contributed by atoms with van der Waals surface area (Å²) in [4.78, 5) is 19.8. The van der Waals surface area contributed by atoms with Crippen molar-refractivity contribution < 1.29 is 4.42 Å². The number of pyridine rings is 1. The molecule has 0 radical (unpaired) electrons. The Kier molecular flexibility index (Phi) is 6.39. The Hall–Kier alpha value is -6.46. The summed E-state index contributed by atoms with van der Waals surface area (Å²) in [5, 5.41) is 4.40. The third-order valence-electron chi connectivity index (χ3n) is 8.63. The second kappa shape index (κ2) is 11.2. The van der Waals surface area contributed by atoms with Crippen molar-refractivity contribution in [3.8, 4) is 56.4 Å². The van der Waals surface area contributed by atoms with Crippen LogP contribution >= 0.6 is 0 Å². The van der Waals surface area contributed by atoms with E-state index in [9.17, 15) is 0 Å². The average molecular weight is 603 g/mol. The van der Waals surface area contributed by atoms with Crippen molar-refractivity contribution in [1.82, 2.24) is 19.9 Å². The fourth-order valence-electron chi connectivity index (χ4n) is 6.35. The molecular weight excluding hydrogens is 576 g/mol. The van der Waals surface area contributed by atoms with Gasteiger partial charge in [-0.3, -0.25) is 4.98 Å². The molecular formula is C42H26N4O. The van der Waals surface area contributed by atoms with E-state index in [-0.39, 0.29) is 0 Å². The fraction of sp³-hybridized carbons (Fsp3) is 0. The van der Waals surface area contributed by atoms with Crippen LogP contribution in [0.1, 0.15) is 0 Å². The van der Waals surface area contributed by atoms with Crippen molar-refractivity contribution in [3.63, 3.8) is 0 Å². The van der Waals surface area contributed by atoms with Crippen molar-refractivity contribution in [2.24, 2.45) is 0 Å². The third kappa shape index (κ3) is 4.82. The number of fused-ring (bicyclic) bond motifs is 4. The van der Waals surface area contributed by atoms with E-state index in [2.05, 4.69) is 96.0 Å². The van der Waals surface area contributed by atoms with Crippen LogP contribution < -0.4 is 0 Å². The van der Waals surface area contributed by atoms with Gasteiger partial charge in [0.1, 0.15) is 11.2 Å². The van der Waals surface area contributed by atoms with Gasteiger partial charge in [-0.25, -0.2) is 15.0 Å². The van der Waals surface area contributed by atoms with Crippen molar-refractivity contribution in [3.05, 3.63) is 158 Å². The van der Waals surface area contributed by atoms with Crippen molar-refractivity contribution >= 4 is 32.7 Å². The monoisotopic (exact) mass is 602 g/mol. The van der Waals surface area contributed by atoms with Gasteiger partial charge >= 0.3 is 0 Å². The molecule has 0 atom stereocenters. The zero-order chi connectivity index (χ0) is 31.2. The summed E-state index contributed by atoms with van der Waals surface area (Å²) in [6.45, 7) is 0. The topological polar surface area (TPSA) is 64.7 Å². The van der Waals surface area contributed by atoms with E-state index in [0.29, 0.717) is 17.5 Å². The van der Waals surface area contributed by atoms with Crippen LogP contribution in [0.5, 0.6) is 0 Å². The molecule has 9 aromatic rings. The minimum Gasteiger partial charge on any atom is -0.456 e. The summed E-state index contributed by atoms with van der Waals surface area (Å²) in [7, 11) is 0. The molecule has 0 N–H and O–H groups in total. The molecule has 0 unspecified atom stereocenters. The SMILES string of the molecule is c1ccc(-c2nc(-c3cccc(-c4ccc5c(c4)oc4ccccc45)c3)nc(-c3c(-c4cccnc4)ccc4ccccc34)n2)cc1. The minimum atomic E-state index is 0.602. The molecule has 0 aliphatic rings. The zero-order valence-corrected chi connectivity index (χ0v) is 25.2. The number of aromatic nitrogens is 4. The lowest BCUT2D eigenvalue weighted by Gasteiger charge is -2.15. The van der Waals surface area contributed by atoms with Gasteiger partial charge in [0.2, 0.25) is 0 Å². The predicted octanol–water partition coefficient (Wildman–Crippen LogP) is 10.7. The van der Waals surface area contributed by atoms with Gasteiger partial charge in [0, 0.05) is 45.4 Å². The lowest BCUT2D eigenvalue weighted by molar-refractivity contribution is 0.669. The molecule has 5 heteroatoms. The van der Waals surface area contributed by atoms with Gasteiger partial charge in [-0.15, -0.1) is 0 Å². The Morgan fingerprint density at radius 3 is 1.96 bits per heavy atom.